The second-order valence-corrected chi connectivity index (χ2v) is 6.82. The van der Waals surface area contributed by atoms with E-state index in [9.17, 15) is 17.2 Å². The third kappa shape index (κ3) is 2.44. The third-order valence-electron chi connectivity index (χ3n) is 2.80. The molecule has 1 aromatic rings. The van der Waals surface area contributed by atoms with Gasteiger partial charge in [0.05, 0.1) is 0 Å². The molecule has 0 radical (unpaired) electrons. The molecule has 0 aromatic heterocycles. The predicted octanol–water partition coefficient (Wildman–Crippen LogP) is 2.90. The molecule has 7 heteroatoms. The van der Waals surface area contributed by atoms with Crippen molar-refractivity contribution >= 4 is 26.0 Å². The fourth-order valence-corrected chi connectivity index (χ4v) is 4.69. The Morgan fingerprint density at radius 1 is 1.39 bits per heavy atom. The van der Waals surface area contributed by atoms with E-state index in [4.69, 9.17) is 0 Å². The first-order valence-electron chi connectivity index (χ1n) is 5.54. The minimum Gasteiger partial charge on any atom is -0.207 e. The lowest BCUT2D eigenvalue weighted by atomic mass is 10.3. The summed E-state index contributed by atoms with van der Waals surface area (Å²) < 4.78 is 52.5. The molecule has 2 rings (SSSR count). The number of sulfonamides is 1. The number of rotatable bonds is 4. The highest BCUT2D eigenvalue weighted by molar-refractivity contribution is 9.10. The molecular formula is C11H12BrF2NO2S. The van der Waals surface area contributed by atoms with Crippen LogP contribution in [0.5, 0.6) is 0 Å². The Morgan fingerprint density at radius 2 is 2.00 bits per heavy atom. The summed E-state index contributed by atoms with van der Waals surface area (Å²) in [4.78, 5) is -0.488. The van der Waals surface area contributed by atoms with E-state index in [0.29, 0.717) is 6.07 Å². The summed E-state index contributed by atoms with van der Waals surface area (Å²) in [5.41, 5.74) is 0. The second-order valence-electron chi connectivity index (χ2n) is 4.14. The molecule has 0 saturated heterocycles. The smallest absolute Gasteiger partial charge is 0.207 e. The average Bonchev–Trinajstić information content (AvgIpc) is 2.99. The molecule has 1 fully saturated rings. The van der Waals surface area contributed by atoms with Crippen LogP contribution in [0.3, 0.4) is 0 Å². The number of benzene rings is 1. The van der Waals surface area contributed by atoms with E-state index in [-0.39, 0.29) is 17.1 Å². The maximum Gasteiger partial charge on any atom is 0.247 e. The van der Waals surface area contributed by atoms with E-state index < -0.39 is 26.6 Å². The monoisotopic (exact) mass is 339 g/mol. The maximum atomic E-state index is 13.7. The van der Waals surface area contributed by atoms with Gasteiger partial charge in [-0.25, -0.2) is 17.2 Å². The molecule has 18 heavy (non-hydrogen) atoms. The Bertz CT molecular complexity index is 549. The van der Waals surface area contributed by atoms with Crippen LogP contribution in [-0.2, 0) is 10.0 Å². The molecule has 0 spiro atoms. The maximum absolute atomic E-state index is 13.7. The third-order valence-corrected chi connectivity index (χ3v) is 5.79. The quantitative estimate of drug-likeness (QED) is 0.845. The van der Waals surface area contributed by atoms with Crippen molar-refractivity contribution in [2.75, 3.05) is 6.54 Å². The normalized spacial score (nSPS) is 16.3. The summed E-state index contributed by atoms with van der Waals surface area (Å²) in [6, 6.07) is 1.48. The van der Waals surface area contributed by atoms with Crippen molar-refractivity contribution < 1.29 is 17.2 Å². The number of halogens is 3. The predicted molar refractivity (Wildman–Crippen MR) is 66.6 cm³/mol. The lowest BCUT2D eigenvalue weighted by molar-refractivity contribution is 0.416. The summed E-state index contributed by atoms with van der Waals surface area (Å²) in [6.45, 7) is 1.97. The highest BCUT2D eigenvalue weighted by Gasteiger charge is 2.39. The van der Waals surface area contributed by atoms with Crippen LogP contribution in [0.1, 0.15) is 19.8 Å². The summed E-state index contributed by atoms with van der Waals surface area (Å²) in [5, 5.41) is 0. The van der Waals surface area contributed by atoms with Gasteiger partial charge in [-0.05, 0) is 34.8 Å². The Labute approximate surface area is 113 Å². The molecule has 0 atom stereocenters. The Morgan fingerprint density at radius 3 is 2.44 bits per heavy atom. The van der Waals surface area contributed by atoms with E-state index in [1.807, 2.05) is 0 Å². The number of nitrogens with zero attached hydrogens (tertiary/aromatic N) is 1. The van der Waals surface area contributed by atoms with Gasteiger partial charge in [0, 0.05) is 23.1 Å². The zero-order chi connectivity index (χ0) is 13.5. The van der Waals surface area contributed by atoms with Crippen LogP contribution in [0.4, 0.5) is 8.78 Å². The van der Waals surface area contributed by atoms with Crippen molar-refractivity contribution in [3.8, 4) is 0 Å². The Balaban J connectivity index is 2.53. The van der Waals surface area contributed by atoms with Gasteiger partial charge in [-0.2, -0.15) is 4.31 Å². The lowest BCUT2D eigenvalue weighted by Gasteiger charge is -2.21. The number of hydrogen-bond acceptors (Lipinski definition) is 2. The van der Waals surface area contributed by atoms with Crippen LogP contribution in [-0.4, -0.2) is 25.3 Å². The molecular weight excluding hydrogens is 328 g/mol. The van der Waals surface area contributed by atoms with Crippen molar-refractivity contribution in [1.29, 1.82) is 0 Å². The standard InChI is InChI=1S/C11H12BrF2NO2S/c1-2-15(8-3-4-8)18(16,17)11-9(12)5-7(13)6-10(11)14/h5-6,8H,2-4H2,1H3. The second kappa shape index (κ2) is 4.86. The molecule has 0 bridgehead atoms. The molecule has 1 aliphatic carbocycles. The molecule has 0 aliphatic heterocycles. The topological polar surface area (TPSA) is 37.4 Å². The van der Waals surface area contributed by atoms with E-state index >= 15 is 0 Å². The molecule has 1 saturated carbocycles. The van der Waals surface area contributed by atoms with Crippen LogP contribution in [0.15, 0.2) is 21.5 Å². The molecule has 0 amide bonds. The molecule has 0 N–H and O–H groups in total. The highest BCUT2D eigenvalue weighted by atomic mass is 79.9. The van der Waals surface area contributed by atoms with Crippen molar-refractivity contribution in [3.05, 3.63) is 28.2 Å². The van der Waals surface area contributed by atoms with E-state index in [1.165, 1.54) is 4.31 Å². The largest absolute Gasteiger partial charge is 0.247 e. The molecule has 1 aliphatic rings. The molecule has 0 heterocycles. The molecule has 3 nitrogen and oxygen atoms in total. The molecule has 100 valence electrons. The van der Waals surface area contributed by atoms with E-state index in [0.717, 1.165) is 18.9 Å². The van der Waals surface area contributed by atoms with Crippen molar-refractivity contribution in [2.24, 2.45) is 0 Å². The van der Waals surface area contributed by atoms with Gasteiger partial charge in [0.2, 0.25) is 10.0 Å². The first-order valence-corrected chi connectivity index (χ1v) is 7.77. The number of hydrogen-bond donors (Lipinski definition) is 0. The van der Waals surface area contributed by atoms with Gasteiger partial charge in [-0.1, -0.05) is 6.92 Å². The van der Waals surface area contributed by atoms with Crippen molar-refractivity contribution in [2.45, 2.75) is 30.7 Å². The van der Waals surface area contributed by atoms with Crippen LogP contribution < -0.4 is 0 Å². The van der Waals surface area contributed by atoms with Gasteiger partial charge in [-0.3, -0.25) is 0 Å². The van der Waals surface area contributed by atoms with Crippen LogP contribution in [0, 0.1) is 11.6 Å². The van der Waals surface area contributed by atoms with E-state index in [2.05, 4.69) is 15.9 Å². The van der Waals surface area contributed by atoms with Crippen molar-refractivity contribution in [1.82, 2.24) is 4.31 Å². The lowest BCUT2D eigenvalue weighted by Crippen LogP contribution is -2.33. The summed E-state index contributed by atoms with van der Waals surface area (Å²) >= 11 is 2.91. The van der Waals surface area contributed by atoms with Gasteiger partial charge >= 0.3 is 0 Å². The van der Waals surface area contributed by atoms with Crippen LogP contribution in [0.2, 0.25) is 0 Å². The summed E-state index contributed by atoms with van der Waals surface area (Å²) in [6.07, 6.45) is 1.57. The molecule has 1 aromatic carbocycles. The Hall–Kier alpha value is -0.530. The van der Waals surface area contributed by atoms with Gasteiger partial charge in [0.15, 0.2) is 0 Å². The minimum atomic E-state index is -3.92. The van der Waals surface area contributed by atoms with E-state index in [1.54, 1.807) is 6.92 Å². The minimum absolute atomic E-state index is 0.0589. The highest BCUT2D eigenvalue weighted by Crippen LogP contribution is 2.35. The van der Waals surface area contributed by atoms with Gasteiger partial charge in [0.25, 0.3) is 0 Å². The molecule has 0 unspecified atom stereocenters. The van der Waals surface area contributed by atoms with Crippen LogP contribution in [0.25, 0.3) is 0 Å². The fraction of sp³-hybridized carbons (Fsp3) is 0.455. The van der Waals surface area contributed by atoms with Crippen LogP contribution >= 0.6 is 15.9 Å². The summed E-state index contributed by atoms with van der Waals surface area (Å²) in [5.74, 6) is -1.88. The van der Waals surface area contributed by atoms with Gasteiger partial charge < -0.3 is 0 Å². The van der Waals surface area contributed by atoms with Gasteiger partial charge in [0.1, 0.15) is 16.5 Å². The first-order chi connectivity index (χ1) is 8.37. The Kier molecular flexibility index (Phi) is 3.75. The average molecular weight is 340 g/mol. The zero-order valence-electron chi connectivity index (χ0n) is 9.66. The first kappa shape index (κ1) is 13.9. The SMILES string of the molecule is CCN(C1CC1)S(=O)(=O)c1c(F)cc(F)cc1Br. The summed E-state index contributed by atoms with van der Waals surface area (Å²) in [7, 11) is -3.92. The van der Waals surface area contributed by atoms with Crippen molar-refractivity contribution in [3.63, 3.8) is 0 Å². The zero-order valence-corrected chi connectivity index (χ0v) is 12.1. The van der Waals surface area contributed by atoms with Gasteiger partial charge in [-0.15, -0.1) is 0 Å². The fourth-order valence-electron chi connectivity index (χ4n) is 1.88.